The van der Waals surface area contributed by atoms with Crippen LogP contribution in [0.5, 0.6) is 5.88 Å². The third kappa shape index (κ3) is 7.18. The van der Waals surface area contributed by atoms with Gasteiger partial charge < -0.3 is 14.8 Å². The number of aromatic nitrogens is 2. The van der Waals surface area contributed by atoms with Crippen molar-refractivity contribution >= 4 is 35.1 Å². The zero-order valence-corrected chi connectivity index (χ0v) is 19.6. The number of nitrogens with one attached hydrogen (secondary N) is 2. The minimum absolute atomic E-state index is 0.163. The number of hydrogen-bond donors (Lipinski definition) is 2. The van der Waals surface area contributed by atoms with Crippen LogP contribution in [0.4, 0.5) is 16.3 Å². The molecule has 2 amide bonds. The van der Waals surface area contributed by atoms with Gasteiger partial charge in [-0.15, -0.1) is 0 Å². The van der Waals surface area contributed by atoms with Crippen molar-refractivity contribution < 1.29 is 19.1 Å². The SMILES string of the molecule is Cc1nc(OCc2ccccc2)cnc1NC(=O)c1cc(NC(=O)OC(C)(C)C)ccc1Cl. The first-order valence-electron chi connectivity index (χ1n) is 10.2. The van der Waals surface area contributed by atoms with Gasteiger partial charge in [-0.25, -0.2) is 14.8 Å². The van der Waals surface area contributed by atoms with Crippen molar-refractivity contribution in [2.75, 3.05) is 10.6 Å². The molecule has 172 valence electrons. The van der Waals surface area contributed by atoms with Gasteiger partial charge in [-0.05, 0) is 51.5 Å². The van der Waals surface area contributed by atoms with Crippen LogP contribution in [0, 0.1) is 6.92 Å². The minimum atomic E-state index is -0.649. The Morgan fingerprint density at radius 3 is 2.45 bits per heavy atom. The van der Waals surface area contributed by atoms with Gasteiger partial charge in [-0.3, -0.25) is 10.1 Å². The third-order valence-electron chi connectivity index (χ3n) is 4.24. The van der Waals surface area contributed by atoms with E-state index in [9.17, 15) is 9.59 Å². The molecule has 0 aliphatic carbocycles. The number of nitrogens with zero attached hydrogens (tertiary/aromatic N) is 2. The van der Waals surface area contributed by atoms with Gasteiger partial charge in [0.25, 0.3) is 5.91 Å². The third-order valence-corrected chi connectivity index (χ3v) is 4.57. The lowest BCUT2D eigenvalue weighted by Gasteiger charge is -2.20. The van der Waals surface area contributed by atoms with Gasteiger partial charge in [0.2, 0.25) is 5.88 Å². The first kappa shape index (κ1) is 24.0. The van der Waals surface area contributed by atoms with E-state index in [1.807, 2.05) is 30.3 Å². The molecule has 1 aromatic heterocycles. The molecule has 9 heteroatoms. The van der Waals surface area contributed by atoms with Crippen LogP contribution < -0.4 is 15.4 Å². The lowest BCUT2D eigenvalue weighted by molar-refractivity contribution is 0.0635. The lowest BCUT2D eigenvalue weighted by Crippen LogP contribution is -2.27. The summed E-state index contributed by atoms with van der Waals surface area (Å²) in [6, 6.07) is 14.2. The van der Waals surface area contributed by atoms with Crippen LogP contribution in [0.25, 0.3) is 0 Å². The van der Waals surface area contributed by atoms with Crippen molar-refractivity contribution in [3.8, 4) is 5.88 Å². The van der Waals surface area contributed by atoms with Gasteiger partial charge in [0.1, 0.15) is 12.2 Å². The fourth-order valence-electron chi connectivity index (χ4n) is 2.76. The fourth-order valence-corrected chi connectivity index (χ4v) is 2.96. The average Bonchev–Trinajstić information content (AvgIpc) is 2.74. The van der Waals surface area contributed by atoms with E-state index in [-0.39, 0.29) is 16.4 Å². The number of anilines is 2. The molecular weight excluding hydrogens is 444 g/mol. The molecular formula is C24H25ClN4O4. The highest BCUT2D eigenvalue weighted by Crippen LogP contribution is 2.23. The van der Waals surface area contributed by atoms with E-state index in [0.717, 1.165) is 5.56 Å². The van der Waals surface area contributed by atoms with Gasteiger partial charge in [0.05, 0.1) is 22.5 Å². The lowest BCUT2D eigenvalue weighted by atomic mass is 10.2. The van der Waals surface area contributed by atoms with E-state index in [2.05, 4.69) is 20.6 Å². The second-order valence-electron chi connectivity index (χ2n) is 8.19. The monoisotopic (exact) mass is 468 g/mol. The molecule has 0 saturated heterocycles. The molecule has 33 heavy (non-hydrogen) atoms. The molecule has 0 saturated carbocycles. The Kier molecular flexibility index (Phi) is 7.50. The van der Waals surface area contributed by atoms with Crippen LogP contribution in [0.1, 0.15) is 42.4 Å². The number of rotatable bonds is 6. The smallest absolute Gasteiger partial charge is 0.412 e. The van der Waals surface area contributed by atoms with Crippen molar-refractivity contribution in [1.82, 2.24) is 9.97 Å². The fraction of sp³-hybridized carbons (Fsp3) is 0.250. The van der Waals surface area contributed by atoms with Crippen LogP contribution in [0.2, 0.25) is 5.02 Å². The van der Waals surface area contributed by atoms with E-state index in [1.165, 1.54) is 18.3 Å². The highest BCUT2D eigenvalue weighted by atomic mass is 35.5. The summed E-state index contributed by atoms with van der Waals surface area (Å²) in [4.78, 5) is 33.4. The molecule has 3 rings (SSSR count). The molecule has 2 N–H and O–H groups in total. The summed E-state index contributed by atoms with van der Waals surface area (Å²) < 4.78 is 10.9. The number of amides is 2. The molecule has 0 spiro atoms. The highest BCUT2D eigenvalue weighted by molar-refractivity contribution is 6.34. The zero-order chi connectivity index (χ0) is 24.0. The maximum Gasteiger partial charge on any atom is 0.412 e. The predicted octanol–water partition coefficient (Wildman–Crippen LogP) is 5.62. The number of benzene rings is 2. The molecule has 0 aliphatic rings. The zero-order valence-electron chi connectivity index (χ0n) is 18.8. The quantitative estimate of drug-likeness (QED) is 0.487. The van der Waals surface area contributed by atoms with Gasteiger partial charge >= 0.3 is 6.09 Å². The normalized spacial score (nSPS) is 10.9. The van der Waals surface area contributed by atoms with Crippen LogP contribution in [0.15, 0.2) is 54.7 Å². The van der Waals surface area contributed by atoms with Crippen molar-refractivity contribution in [1.29, 1.82) is 0 Å². The summed E-state index contributed by atoms with van der Waals surface area (Å²) in [5, 5.41) is 5.50. The van der Waals surface area contributed by atoms with Crippen molar-refractivity contribution in [3.63, 3.8) is 0 Å². The summed E-state index contributed by atoms with van der Waals surface area (Å²) in [7, 11) is 0. The summed E-state index contributed by atoms with van der Waals surface area (Å²) >= 11 is 6.20. The first-order valence-corrected chi connectivity index (χ1v) is 10.6. The number of hydrogen-bond acceptors (Lipinski definition) is 6. The maximum atomic E-state index is 12.8. The van der Waals surface area contributed by atoms with E-state index in [0.29, 0.717) is 23.9 Å². The van der Waals surface area contributed by atoms with Gasteiger partial charge in [-0.1, -0.05) is 41.9 Å². The van der Waals surface area contributed by atoms with Crippen LogP contribution in [-0.4, -0.2) is 27.6 Å². The summed E-state index contributed by atoms with van der Waals surface area (Å²) in [5.74, 6) is 0.118. The number of halogens is 1. The highest BCUT2D eigenvalue weighted by Gasteiger charge is 2.18. The van der Waals surface area contributed by atoms with Crippen LogP contribution >= 0.6 is 11.6 Å². The number of ether oxygens (including phenoxy) is 2. The summed E-state index contributed by atoms with van der Waals surface area (Å²) in [6.07, 6.45) is 0.803. The van der Waals surface area contributed by atoms with E-state index in [4.69, 9.17) is 21.1 Å². The van der Waals surface area contributed by atoms with E-state index < -0.39 is 17.6 Å². The predicted molar refractivity (Wildman–Crippen MR) is 127 cm³/mol. The summed E-state index contributed by atoms with van der Waals surface area (Å²) in [5.41, 5.74) is 1.36. The molecule has 8 nitrogen and oxygen atoms in total. The average molecular weight is 469 g/mol. The van der Waals surface area contributed by atoms with Crippen molar-refractivity contribution in [2.24, 2.45) is 0 Å². The molecule has 3 aromatic rings. The molecule has 0 aliphatic heterocycles. The second kappa shape index (κ2) is 10.3. The maximum absolute atomic E-state index is 12.8. The molecule has 2 aromatic carbocycles. The molecule has 0 fully saturated rings. The molecule has 0 unspecified atom stereocenters. The Morgan fingerprint density at radius 2 is 1.79 bits per heavy atom. The van der Waals surface area contributed by atoms with E-state index in [1.54, 1.807) is 33.8 Å². The number of aryl methyl sites for hydroxylation is 1. The molecule has 0 atom stereocenters. The minimum Gasteiger partial charge on any atom is -0.472 e. The van der Waals surface area contributed by atoms with Gasteiger partial charge in [-0.2, -0.15) is 0 Å². The molecule has 1 heterocycles. The van der Waals surface area contributed by atoms with Gasteiger partial charge in [0.15, 0.2) is 5.82 Å². The Bertz CT molecular complexity index is 1150. The Hall–Kier alpha value is -3.65. The Morgan fingerprint density at radius 1 is 1.06 bits per heavy atom. The largest absolute Gasteiger partial charge is 0.472 e. The van der Waals surface area contributed by atoms with Crippen molar-refractivity contribution in [2.45, 2.75) is 39.9 Å². The molecule has 0 radical (unpaired) electrons. The Labute approximate surface area is 197 Å². The second-order valence-corrected chi connectivity index (χ2v) is 8.60. The van der Waals surface area contributed by atoms with E-state index >= 15 is 0 Å². The summed E-state index contributed by atoms with van der Waals surface area (Å²) in [6.45, 7) is 7.34. The first-order chi connectivity index (χ1) is 15.6. The topological polar surface area (TPSA) is 102 Å². The number of carbonyl (C=O) groups is 2. The van der Waals surface area contributed by atoms with Crippen LogP contribution in [0.3, 0.4) is 0 Å². The van der Waals surface area contributed by atoms with Crippen LogP contribution in [-0.2, 0) is 11.3 Å². The van der Waals surface area contributed by atoms with Crippen molar-refractivity contribution in [3.05, 3.63) is 76.6 Å². The number of carbonyl (C=O) groups excluding carboxylic acids is 2. The Balaban J connectivity index is 1.67. The van der Waals surface area contributed by atoms with Gasteiger partial charge in [0, 0.05) is 5.69 Å². The molecule has 0 bridgehead atoms. The standard InChI is InChI=1S/C24H25ClN4O4/c1-15-21(26-13-20(27-15)32-14-16-8-6-5-7-9-16)29-22(30)18-12-17(10-11-19(18)25)28-23(31)33-24(2,3)4/h5-13H,14H2,1-4H3,(H,28,31)(H,26,29,30).